The Balaban J connectivity index is 1.76. The Bertz CT molecular complexity index is 1450. The zero-order valence-electron chi connectivity index (χ0n) is 17.6. The summed E-state index contributed by atoms with van der Waals surface area (Å²) >= 11 is 1.23. The molecule has 2 aliphatic rings. The topological polar surface area (TPSA) is 51.4 Å². The molecule has 0 N–H and O–H groups in total. The van der Waals surface area contributed by atoms with E-state index in [-0.39, 0.29) is 28.4 Å². The molecule has 32 heavy (non-hydrogen) atoms. The Morgan fingerprint density at radius 2 is 1.62 bits per heavy atom. The lowest BCUT2D eigenvalue weighted by atomic mass is 9.73. The number of rotatable bonds is 2. The van der Waals surface area contributed by atoms with E-state index in [1.165, 1.54) is 40.2 Å². The molecule has 0 bridgehead atoms. The predicted octanol–water partition coefficient (Wildman–Crippen LogP) is 3.88. The monoisotopic (exact) mass is 450 g/mol. The average Bonchev–Trinajstić information content (AvgIpc) is 3.03. The SMILES string of the molecule is CC1(C)CC(=O)C2=C(C1)N=c1sc(=Cc3ccc(F)cc3)c(=O)n1C2c1ccc(F)cc1. The molecule has 1 atom stereocenters. The fraction of sp³-hybridized carbons (Fsp3) is 0.240. The molecule has 1 unspecified atom stereocenters. The maximum atomic E-state index is 13.6. The van der Waals surface area contributed by atoms with Gasteiger partial charge in [-0.2, -0.15) is 0 Å². The van der Waals surface area contributed by atoms with Gasteiger partial charge >= 0.3 is 0 Å². The van der Waals surface area contributed by atoms with E-state index < -0.39 is 6.04 Å². The standard InChI is InChI=1S/C25H20F2N2O2S/c1-25(2)12-18-21(19(30)13-25)22(15-5-9-17(27)10-6-15)29-23(31)20(32-24(29)28-18)11-14-3-7-16(26)8-4-14/h3-11,22H,12-13H2,1-2H3. The van der Waals surface area contributed by atoms with Gasteiger partial charge < -0.3 is 0 Å². The van der Waals surface area contributed by atoms with E-state index in [2.05, 4.69) is 0 Å². The van der Waals surface area contributed by atoms with Crippen LogP contribution in [0.5, 0.6) is 0 Å². The van der Waals surface area contributed by atoms with Crippen LogP contribution in [-0.2, 0) is 4.79 Å². The van der Waals surface area contributed by atoms with Crippen molar-refractivity contribution in [2.75, 3.05) is 0 Å². The van der Waals surface area contributed by atoms with Crippen LogP contribution in [0.15, 0.2) is 69.6 Å². The van der Waals surface area contributed by atoms with Crippen molar-refractivity contribution in [1.82, 2.24) is 4.57 Å². The number of carbonyl (C=O) groups excluding carboxylic acids is 1. The van der Waals surface area contributed by atoms with Gasteiger partial charge in [0.2, 0.25) is 0 Å². The van der Waals surface area contributed by atoms with Crippen LogP contribution in [0, 0.1) is 17.0 Å². The summed E-state index contributed by atoms with van der Waals surface area (Å²) in [7, 11) is 0. The Labute approximate surface area is 186 Å². The smallest absolute Gasteiger partial charge is 0.271 e. The summed E-state index contributed by atoms with van der Waals surface area (Å²) in [5.41, 5.74) is 2.05. The summed E-state index contributed by atoms with van der Waals surface area (Å²) in [5.74, 6) is -0.779. The summed E-state index contributed by atoms with van der Waals surface area (Å²) in [6.45, 7) is 4.06. The van der Waals surface area contributed by atoms with Gasteiger partial charge in [-0.25, -0.2) is 13.8 Å². The summed E-state index contributed by atoms with van der Waals surface area (Å²) < 4.78 is 28.9. The minimum Gasteiger partial charge on any atom is -0.294 e. The number of nitrogens with zero attached hydrogens (tertiary/aromatic N) is 2. The molecule has 7 heteroatoms. The van der Waals surface area contributed by atoms with Gasteiger partial charge in [0, 0.05) is 12.0 Å². The second-order valence-electron chi connectivity index (χ2n) is 8.99. The second kappa shape index (κ2) is 7.45. The van der Waals surface area contributed by atoms with Crippen molar-refractivity contribution >= 4 is 23.2 Å². The molecule has 0 fully saturated rings. The van der Waals surface area contributed by atoms with Gasteiger partial charge in [-0.1, -0.05) is 49.4 Å². The van der Waals surface area contributed by atoms with E-state index >= 15 is 0 Å². The fourth-order valence-electron chi connectivity index (χ4n) is 4.42. The lowest BCUT2D eigenvalue weighted by Gasteiger charge is -2.35. The zero-order chi connectivity index (χ0) is 22.6. The maximum Gasteiger partial charge on any atom is 0.271 e. The van der Waals surface area contributed by atoms with E-state index in [1.807, 2.05) is 13.8 Å². The lowest BCUT2D eigenvalue weighted by Crippen LogP contribution is -2.42. The first-order chi connectivity index (χ1) is 15.2. The van der Waals surface area contributed by atoms with Crippen molar-refractivity contribution in [2.24, 2.45) is 10.4 Å². The van der Waals surface area contributed by atoms with E-state index in [0.717, 1.165) is 0 Å². The highest BCUT2D eigenvalue weighted by atomic mass is 32.1. The normalized spacial score (nSPS) is 20.1. The predicted molar refractivity (Wildman–Crippen MR) is 119 cm³/mol. The Morgan fingerprint density at radius 3 is 2.28 bits per heavy atom. The second-order valence-corrected chi connectivity index (χ2v) is 10.00. The van der Waals surface area contributed by atoms with Crippen LogP contribution in [0.1, 0.15) is 43.9 Å². The third-order valence-electron chi connectivity index (χ3n) is 5.85. The van der Waals surface area contributed by atoms with Crippen LogP contribution in [0.3, 0.4) is 0 Å². The van der Waals surface area contributed by atoms with Gasteiger partial charge in [0.1, 0.15) is 11.6 Å². The maximum absolute atomic E-state index is 13.6. The number of Topliss-reactive ketones (excluding diaryl/α,β-unsaturated/α-hetero) is 1. The Hall–Kier alpha value is -3.19. The Kier molecular flexibility index (Phi) is 4.82. The van der Waals surface area contributed by atoms with Crippen molar-refractivity contribution in [3.05, 3.63) is 102 Å². The first-order valence-electron chi connectivity index (χ1n) is 10.3. The zero-order valence-corrected chi connectivity index (χ0v) is 18.4. The van der Waals surface area contributed by atoms with E-state index in [1.54, 1.807) is 30.3 Å². The fourth-order valence-corrected chi connectivity index (χ4v) is 5.44. The molecule has 4 nitrogen and oxygen atoms in total. The number of ketones is 1. The van der Waals surface area contributed by atoms with Crippen LogP contribution in [0.2, 0.25) is 0 Å². The minimum absolute atomic E-state index is 0.0397. The number of fused-ring (bicyclic) bond motifs is 1. The molecule has 1 aromatic heterocycles. The largest absolute Gasteiger partial charge is 0.294 e. The summed E-state index contributed by atoms with van der Waals surface area (Å²) in [6, 6.07) is 11.1. The van der Waals surface area contributed by atoms with Crippen LogP contribution < -0.4 is 14.9 Å². The van der Waals surface area contributed by atoms with E-state index in [4.69, 9.17) is 4.99 Å². The molecule has 0 saturated carbocycles. The third-order valence-corrected chi connectivity index (χ3v) is 6.83. The molecular weight excluding hydrogens is 430 g/mol. The highest BCUT2D eigenvalue weighted by Crippen LogP contribution is 2.43. The number of thiazole rings is 1. The molecule has 0 radical (unpaired) electrons. The van der Waals surface area contributed by atoms with Gasteiger partial charge in [-0.15, -0.1) is 0 Å². The summed E-state index contributed by atoms with van der Waals surface area (Å²) in [6.07, 6.45) is 2.68. The molecular formula is C25H20F2N2O2S. The first kappa shape index (κ1) is 20.7. The number of halogens is 2. The van der Waals surface area contributed by atoms with Gasteiger partial charge in [0.05, 0.1) is 16.3 Å². The van der Waals surface area contributed by atoms with E-state index in [0.29, 0.717) is 44.6 Å². The molecule has 5 rings (SSSR count). The highest BCUT2D eigenvalue weighted by molar-refractivity contribution is 7.07. The molecule has 2 aromatic carbocycles. The first-order valence-corrected chi connectivity index (χ1v) is 11.1. The number of allylic oxidation sites excluding steroid dienone is 2. The van der Waals surface area contributed by atoms with Crippen molar-refractivity contribution in [1.29, 1.82) is 0 Å². The van der Waals surface area contributed by atoms with Crippen molar-refractivity contribution < 1.29 is 13.6 Å². The number of hydrogen-bond acceptors (Lipinski definition) is 4. The van der Waals surface area contributed by atoms with Crippen molar-refractivity contribution in [3.8, 4) is 0 Å². The molecule has 162 valence electrons. The quantitative estimate of drug-likeness (QED) is 0.595. The van der Waals surface area contributed by atoms with Gasteiger partial charge in [0.25, 0.3) is 5.56 Å². The number of aromatic nitrogens is 1. The highest BCUT2D eigenvalue weighted by Gasteiger charge is 2.40. The number of carbonyl (C=O) groups is 1. The molecule has 1 aliphatic heterocycles. The summed E-state index contributed by atoms with van der Waals surface area (Å²) in [4.78, 5) is 31.9. The lowest BCUT2D eigenvalue weighted by molar-refractivity contribution is -0.118. The molecule has 3 aromatic rings. The van der Waals surface area contributed by atoms with Crippen LogP contribution in [-0.4, -0.2) is 10.4 Å². The average molecular weight is 451 g/mol. The van der Waals surface area contributed by atoms with Gasteiger partial charge in [-0.3, -0.25) is 14.2 Å². The molecule has 1 aliphatic carbocycles. The van der Waals surface area contributed by atoms with Crippen LogP contribution in [0.4, 0.5) is 8.78 Å². The number of benzene rings is 2. The molecule has 2 heterocycles. The molecule has 0 saturated heterocycles. The third kappa shape index (κ3) is 3.56. The minimum atomic E-state index is -0.652. The van der Waals surface area contributed by atoms with Crippen molar-refractivity contribution in [3.63, 3.8) is 0 Å². The Morgan fingerprint density at radius 1 is 1.00 bits per heavy atom. The van der Waals surface area contributed by atoms with E-state index in [9.17, 15) is 18.4 Å². The van der Waals surface area contributed by atoms with Gasteiger partial charge in [0.15, 0.2) is 10.6 Å². The molecule has 0 amide bonds. The van der Waals surface area contributed by atoms with Crippen molar-refractivity contribution in [2.45, 2.75) is 32.7 Å². The summed E-state index contributed by atoms with van der Waals surface area (Å²) in [5, 5.41) is 0. The van der Waals surface area contributed by atoms with Crippen LogP contribution in [0.25, 0.3) is 6.08 Å². The van der Waals surface area contributed by atoms with Gasteiger partial charge in [-0.05, 0) is 53.3 Å². The number of hydrogen-bond donors (Lipinski definition) is 0. The molecule has 0 spiro atoms. The van der Waals surface area contributed by atoms with Crippen LogP contribution >= 0.6 is 11.3 Å².